The number of nitrogens with zero attached hydrogens (tertiary/aromatic N) is 1. The highest BCUT2D eigenvalue weighted by molar-refractivity contribution is 5.88. The topological polar surface area (TPSA) is 58.6 Å². The quantitative estimate of drug-likeness (QED) is 0.531. The average molecular weight is 425 g/mol. The molecule has 0 aliphatic carbocycles. The number of nitrogens with one attached hydrogen (secondary N) is 1. The summed E-state index contributed by atoms with van der Waals surface area (Å²) in [6, 6.07) is 13.3. The maximum Gasteiger partial charge on any atom is 0.261 e. The van der Waals surface area contributed by atoms with Crippen LogP contribution in [0, 0.1) is 20.8 Å². The Morgan fingerprint density at radius 2 is 1.81 bits per heavy atom. The van der Waals surface area contributed by atoms with E-state index in [-0.39, 0.29) is 18.4 Å². The van der Waals surface area contributed by atoms with Gasteiger partial charge in [0.15, 0.2) is 6.61 Å². The second-order valence-corrected chi connectivity index (χ2v) is 8.11. The SMILES string of the molecule is CCCCNC(=O)[C@H](CC)N(Cc1cccc(C)c1)C(=O)COc1ccc(C)c(C)c1. The highest BCUT2D eigenvalue weighted by Crippen LogP contribution is 2.18. The summed E-state index contributed by atoms with van der Waals surface area (Å²) in [7, 11) is 0. The second kappa shape index (κ2) is 12.1. The molecular formula is C26H36N2O3. The summed E-state index contributed by atoms with van der Waals surface area (Å²) in [6.45, 7) is 11.0. The maximum absolute atomic E-state index is 13.2. The van der Waals surface area contributed by atoms with Crippen LogP contribution in [-0.2, 0) is 16.1 Å². The first-order valence-corrected chi connectivity index (χ1v) is 11.2. The Hall–Kier alpha value is -2.82. The minimum absolute atomic E-state index is 0.104. The molecule has 0 aliphatic heterocycles. The summed E-state index contributed by atoms with van der Waals surface area (Å²) >= 11 is 0. The highest BCUT2D eigenvalue weighted by atomic mass is 16.5. The molecule has 0 fully saturated rings. The molecule has 0 saturated heterocycles. The van der Waals surface area contributed by atoms with E-state index in [9.17, 15) is 9.59 Å². The molecule has 1 N–H and O–H groups in total. The van der Waals surface area contributed by atoms with Crippen LogP contribution in [0.4, 0.5) is 0 Å². The van der Waals surface area contributed by atoms with Crippen LogP contribution in [0.2, 0.25) is 0 Å². The van der Waals surface area contributed by atoms with E-state index < -0.39 is 6.04 Å². The zero-order valence-electron chi connectivity index (χ0n) is 19.5. The number of benzene rings is 2. The van der Waals surface area contributed by atoms with Crippen molar-refractivity contribution < 1.29 is 14.3 Å². The van der Waals surface area contributed by atoms with E-state index in [0.717, 1.165) is 29.5 Å². The Morgan fingerprint density at radius 1 is 1.03 bits per heavy atom. The van der Waals surface area contributed by atoms with E-state index in [1.54, 1.807) is 4.90 Å². The van der Waals surface area contributed by atoms with Crippen LogP contribution in [-0.4, -0.2) is 35.9 Å². The molecule has 0 aromatic heterocycles. The summed E-state index contributed by atoms with van der Waals surface area (Å²) in [6.07, 6.45) is 2.47. The number of carbonyl (C=O) groups excluding carboxylic acids is 2. The molecule has 2 amide bonds. The second-order valence-electron chi connectivity index (χ2n) is 8.11. The summed E-state index contributed by atoms with van der Waals surface area (Å²) in [5, 5.41) is 2.98. The van der Waals surface area contributed by atoms with Crippen LogP contribution in [0.1, 0.15) is 55.4 Å². The fraction of sp³-hybridized carbons (Fsp3) is 0.462. The fourth-order valence-electron chi connectivity index (χ4n) is 3.46. The van der Waals surface area contributed by atoms with Crippen LogP contribution >= 0.6 is 0 Å². The van der Waals surface area contributed by atoms with Crippen molar-refractivity contribution in [3.8, 4) is 5.75 Å². The van der Waals surface area contributed by atoms with E-state index in [1.165, 1.54) is 5.56 Å². The Kier molecular flexibility index (Phi) is 9.57. The molecule has 2 aromatic rings. The van der Waals surface area contributed by atoms with Crippen LogP contribution in [0.5, 0.6) is 5.75 Å². The van der Waals surface area contributed by atoms with E-state index in [0.29, 0.717) is 25.3 Å². The first kappa shape index (κ1) is 24.4. The molecule has 0 heterocycles. The number of ether oxygens (including phenoxy) is 1. The number of aryl methyl sites for hydroxylation is 3. The number of hydrogen-bond donors (Lipinski definition) is 1. The molecule has 5 nitrogen and oxygen atoms in total. The first-order valence-electron chi connectivity index (χ1n) is 11.2. The first-order chi connectivity index (χ1) is 14.8. The van der Waals surface area contributed by atoms with Crippen molar-refractivity contribution in [2.75, 3.05) is 13.2 Å². The molecule has 0 saturated carbocycles. The molecule has 1 atom stereocenters. The van der Waals surface area contributed by atoms with Crippen LogP contribution in [0.15, 0.2) is 42.5 Å². The lowest BCUT2D eigenvalue weighted by Gasteiger charge is -2.30. The number of unbranched alkanes of at least 4 members (excludes halogenated alkanes) is 1. The smallest absolute Gasteiger partial charge is 0.261 e. The molecule has 0 radical (unpaired) electrons. The summed E-state index contributed by atoms with van der Waals surface area (Å²) in [5.74, 6) is 0.354. The van der Waals surface area contributed by atoms with Gasteiger partial charge in [0.1, 0.15) is 11.8 Å². The molecule has 5 heteroatoms. The third kappa shape index (κ3) is 7.42. The van der Waals surface area contributed by atoms with Gasteiger partial charge < -0.3 is 15.0 Å². The van der Waals surface area contributed by atoms with Crippen LogP contribution < -0.4 is 10.1 Å². The van der Waals surface area contributed by atoms with Gasteiger partial charge in [-0.05, 0) is 62.4 Å². The monoisotopic (exact) mass is 424 g/mol. The number of rotatable bonds is 11. The fourth-order valence-corrected chi connectivity index (χ4v) is 3.46. The van der Waals surface area contributed by atoms with E-state index in [4.69, 9.17) is 4.74 Å². The minimum Gasteiger partial charge on any atom is -0.484 e. The molecule has 31 heavy (non-hydrogen) atoms. The Labute approximate surface area is 186 Å². The summed E-state index contributed by atoms with van der Waals surface area (Å²) in [4.78, 5) is 27.7. The van der Waals surface area contributed by atoms with Gasteiger partial charge in [0.25, 0.3) is 5.91 Å². The van der Waals surface area contributed by atoms with Crippen molar-refractivity contribution in [2.24, 2.45) is 0 Å². The van der Waals surface area contributed by atoms with Gasteiger partial charge in [-0.1, -0.05) is 56.2 Å². The van der Waals surface area contributed by atoms with Gasteiger partial charge in [-0.25, -0.2) is 0 Å². The van der Waals surface area contributed by atoms with Crippen molar-refractivity contribution >= 4 is 11.8 Å². The molecule has 2 rings (SSSR count). The molecule has 0 aliphatic rings. The molecule has 0 spiro atoms. The number of hydrogen-bond acceptors (Lipinski definition) is 3. The molecule has 2 aromatic carbocycles. The third-order valence-electron chi connectivity index (χ3n) is 5.49. The predicted molar refractivity (Wildman–Crippen MR) is 125 cm³/mol. The van der Waals surface area contributed by atoms with Gasteiger partial charge in [0, 0.05) is 13.1 Å². The lowest BCUT2D eigenvalue weighted by molar-refractivity contribution is -0.143. The van der Waals surface area contributed by atoms with Gasteiger partial charge in [0.2, 0.25) is 5.91 Å². The zero-order chi connectivity index (χ0) is 22.8. The molecule has 0 bridgehead atoms. The van der Waals surface area contributed by atoms with Crippen molar-refractivity contribution in [1.29, 1.82) is 0 Å². The minimum atomic E-state index is -0.534. The summed E-state index contributed by atoms with van der Waals surface area (Å²) < 4.78 is 5.80. The van der Waals surface area contributed by atoms with E-state index in [2.05, 4.69) is 12.2 Å². The lowest BCUT2D eigenvalue weighted by Crippen LogP contribution is -2.50. The third-order valence-corrected chi connectivity index (χ3v) is 5.49. The maximum atomic E-state index is 13.2. The number of carbonyl (C=O) groups is 2. The number of amides is 2. The Balaban J connectivity index is 2.18. The standard InChI is InChI=1S/C26H36N2O3/c1-6-8-14-27-26(30)24(7-2)28(17-22-11-9-10-19(3)15-22)25(29)18-31-23-13-12-20(4)21(5)16-23/h9-13,15-16,24H,6-8,14,17-18H2,1-5H3,(H,27,30)/t24-/m0/s1. The predicted octanol–water partition coefficient (Wildman–Crippen LogP) is 4.71. The van der Waals surface area contributed by atoms with Gasteiger partial charge >= 0.3 is 0 Å². The van der Waals surface area contributed by atoms with Crippen molar-refractivity contribution in [3.05, 3.63) is 64.7 Å². The van der Waals surface area contributed by atoms with E-state index in [1.807, 2.05) is 70.2 Å². The van der Waals surface area contributed by atoms with Gasteiger partial charge in [-0.2, -0.15) is 0 Å². The van der Waals surface area contributed by atoms with Crippen molar-refractivity contribution in [1.82, 2.24) is 10.2 Å². The van der Waals surface area contributed by atoms with Gasteiger partial charge in [0.05, 0.1) is 0 Å². The van der Waals surface area contributed by atoms with Gasteiger partial charge in [-0.15, -0.1) is 0 Å². The highest BCUT2D eigenvalue weighted by Gasteiger charge is 2.28. The van der Waals surface area contributed by atoms with Gasteiger partial charge in [-0.3, -0.25) is 9.59 Å². The van der Waals surface area contributed by atoms with Crippen LogP contribution in [0.3, 0.4) is 0 Å². The largest absolute Gasteiger partial charge is 0.484 e. The normalized spacial score (nSPS) is 11.6. The summed E-state index contributed by atoms with van der Waals surface area (Å²) in [5.41, 5.74) is 4.41. The van der Waals surface area contributed by atoms with Crippen LogP contribution in [0.25, 0.3) is 0 Å². The lowest BCUT2D eigenvalue weighted by atomic mass is 10.1. The zero-order valence-corrected chi connectivity index (χ0v) is 19.5. The average Bonchev–Trinajstić information content (AvgIpc) is 2.74. The van der Waals surface area contributed by atoms with E-state index >= 15 is 0 Å². The van der Waals surface area contributed by atoms with Crippen molar-refractivity contribution in [3.63, 3.8) is 0 Å². The van der Waals surface area contributed by atoms with Crippen molar-refractivity contribution in [2.45, 2.75) is 66.5 Å². The Bertz CT molecular complexity index is 879. The Morgan fingerprint density at radius 3 is 2.45 bits per heavy atom. The molecule has 168 valence electrons. The molecular weight excluding hydrogens is 388 g/mol. The molecule has 0 unspecified atom stereocenters.